The van der Waals surface area contributed by atoms with E-state index in [2.05, 4.69) is 15.2 Å². The molecule has 0 radical (unpaired) electrons. The third-order valence-electron chi connectivity index (χ3n) is 4.70. The van der Waals surface area contributed by atoms with Gasteiger partial charge in [-0.15, -0.1) is 10.2 Å². The van der Waals surface area contributed by atoms with Crippen molar-refractivity contribution in [1.29, 1.82) is 0 Å². The smallest absolute Gasteiger partial charge is 0.242 e. The largest absolute Gasteiger partial charge is 0.354 e. The van der Waals surface area contributed by atoms with Gasteiger partial charge >= 0.3 is 0 Å². The summed E-state index contributed by atoms with van der Waals surface area (Å²) in [5.74, 6) is 2.02. The number of hydrogen-bond acceptors (Lipinski definition) is 8. The zero-order chi connectivity index (χ0) is 22.6. The summed E-state index contributed by atoms with van der Waals surface area (Å²) in [5.41, 5.74) is 0.630. The molecule has 0 spiro atoms. The Morgan fingerprint density at radius 2 is 1.94 bits per heavy atom. The molecule has 0 saturated carbocycles. The van der Waals surface area contributed by atoms with Crippen LogP contribution in [0.25, 0.3) is 11.4 Å². The fraction of sp³-hybridized carbons (Fsp3) is 0.421. The molecule has 0 aliphatic heterocycles. The molecule has 0 N–H and O–H groups in total. The molecule has 0 amide bonds. The highest BCUT2D eigenvalue weighted by molar-refractivity contribution is 7.98. The molecule has 12 heteroatoms. The Kier molecular flexibility index (Phi) is 7.49. The molecule has 168 valence electrons. The summed E-state index contributed by atoms with van der Waals surface area (Å²) >= 11 is 1.48. The Hall–Kier alpha value is -2.25. The van der Waals surface area contributed by atoms with Crippen molar-refractivity contribution in [1.82, 2.24) is 28.6 Å². The van der Waals surface area contributed by atoms with Crippen molar-refractivity contribution < 1.29 is 17.9 Å². The first kappa shape index (κ1) is 23.4. The lowest BCUT2D eigenvalue weighted by Crippen LogP contribution is -2.22. The summed E-state index contributed by atoms with van der Waals surface area (Å²) in [7, 11) is 4.47. The van der Waals surface area contributed by atoms with E-state index in [-0.39, 0.29) is 4.90 Å². The lowest BCUT2D eigenvalue weighted by Gasteiger charge is -2.17. The van der Waals surface area contributed by atoms with Gasteiger partial charge in [-0.05, 0) is 12.1 Å². The van der Waals surface area contributed by atoms with Crippen LogP contribution < -0.4 is 0 Å². The predicted octanol–water partition coefficient (Wildman–Crippen LogP) is 1.84. The molecule has 0 aliphatic rings. The molecule has 0 fully saturated rings. The first-order chi connectivity index (χ1) is 14.8. The first-order valence-corrected chi connectivity index (χ1v) is 11.8. The van der Waals surface area contributed by atoms with Crippen molar-refractivity contribution in [3.63, 3.8) is 0 Å². The number of hydrogen-bond donors (Lipinski definition) is 0. The minimum atomic E-state index is -3.58. The molecule has 0 bridgehead atoms. The molecule has 0 atom stereocenters. The Labute approximate surface area is 186 Å². The SMILES string of the molecule is COC(Cn1c(SCc2nccn2C)nnc1-c1cccc(S(=O)(=O)N(C)C)c1)OC. The number of imidazole rings is 1. The van der Waals surface area contributed by atoms with Gasteiger partial charge in [-0.1, -0.05) is 23.9 Å². The molecule has 2 heterocycles. The van der Waals surface area contributed by atoms with Gasteiger partial charge in [0.25, 0.3) is 0 Å². The van der Waals surface area contributed by atoms with Crippen molar-refractivity contribution in [3.8, 4) is 11.4 Å². The highest BCUT2D eigenvalue weighted by Crippen LogP contribution is 2.28. The van der Waals surface area contributed by atoms with E-state index in [4.69, 9.17) is 9.47 Å². The highest BCUT2D eigenvalue weighted by Gasteiger charge is 2.22. The van der Waals surface area contributed by atoms with Gasteiger partial charge in [-0.3, -0.25) is 4.57 Å². The van der Waals surface area contributed by atoms with E-state index < -0.39 is 16.3 Å². The van der Waals surface area contributed by atoms with Gasteiger partial charge in [-0.25, -0.2) is 17.7 Å². The van der Waals surface area contributed by atoms with Crippen LogP contribution in [0, 0.1) is 0 Å². The molecule has 31 heavy (non-hydrogen) atoms. The average molecular weight is 467 g/mol. The first-order valence-electron chi connectivity index (χ1n) is 9.38. The standard InChI is InChI=1S/C19H26N6O4S2/c1-23(2)31(26,27)15-8-6-7-14(11-15)18-21-22-19(25(18)12-17(28-4)29-5)30-13-16-20-9-10-24(16)3/h6-11,17H,12-13H2,1-5H3. The van der Waals surface area contributed by atoms with E-state index in [9.17, 15) is 8.42 Å². The van der Waals surface area contributed by atoms with Gasteiger partial charge in [0.2, 0.25) is 10.0 Å². The van der Waals surface area contributed by atoms with E-state index in [1.54, 1.807) is 44.7 Å². The molecular weight excluding hydrogens is 440 g/mol. The second-order valence-corrected chi connectivity index (χ2v) is 9.97. The van der Waals surface area contributed by atoms with Crippen LogP contribution in [0.2, 0.25) is 0 Å². The summed E-state index contributed by atoms with van der Waals surface area (Å²) in [4.78, 5) is 4.52. The second-order valence-electron chi connectivity index (χ2n) is 6.88. The van der Waals surface area contributed by atoms with Crippen molar-refractivity contribution >= 4 is 21.8 Å². The molecule has 1 aromatic carbocycles. The molecule has 0 saturated heterocycles. The van der Waals surface area contributed by atoms with Gasteiger partial charge in [0, 0.05) is 53.3 Å². The zero-order valence-electron chi connectivity index (χ0n) is 18.1. The quantitative estimate of drug-likeness (QED) is 0.329. The fourth-order valence-corrected chi connectivity index (χ4v) is 4.74. The van der Waals surface area contributed by atoms with Crippen molar-refractivity contribution in [2.24, 2.45) is 7.05 Å². The van der Waals surface area contributed by atoms with E-state index in [0.29, 0.717) is 28.8 Å². The number of ether oxygens (including phenoxy) is 2. The van der Waals surface area contributed by atoms with Crippen LogP contribution >= 0.6 is 11.8 Å². The fourth-order valence-electron chi connectivity index (χ4n) is 2.84. The minimum Gasteiger partial charge on any atom is -0.354 e. The maximum Gasteiger partial charge on any atom is 0.242 e. The third-order valence-corrected chi connectivity index (χ3v) is 7.47. The monoisotopic (exact) mass is 466 g/mol. The summed E-state index contributed by atoms with van der Waals surface area (Å²) in [6, 6.07) is 6.65. The molecule has 3 rings (SSSR count). The molecular formula is C19H26N6O4S2. The molecule has 3 aromatic rings. The Morgan fingerprint density at radius 3 is 2.55 bits per heavy atom. The van der Waals surface area contributed by atoms with Crippen molar-refractivity contribution in [2.45, 2.75) is 28.6 Å². The van der Waals surface area contributed by atoms with E-state index in [0.717, 1.165) is 5.82 Å². The minimum absolute atomic E-state index is 0.182. The van der Waals surface area contributed by atoms with Crippen LogP contribution in [0.5, 0.6) is 0 Å². The van der Waals surface area contributed by atoms with Gasteiger partial charge in [0.15, 0.2) is 17.3 Å². The number of thioether (sulfide) groups is 1. The topological polar surface area (TPSA) is 104 Å². The second kappa shape index (κ2) is 9.92. The lowest BCUT2D eigenvalue weighted by atomic mass is 10.2. The highest BCUT2D eigenvalue weighted by atomic mass is 32.2. The zero-order valence-corrected chi connectivity index (χ0v) is 19.7. The Morgan fingerprint density at radius 1 is 1.19 bits per heavy atom. The molecule has 0 unspecified atom stereocenters. The molecule has 2 aromatic heterocycles. The summed E-state index contributed by atoms with van der Waals surface area (Å²) in [5, 5.41) is 9.33. The number of benzene rings is 1. The molecule has 10 nitrogen and oxygen atoms in total. The van der Waals surface area contributed by atoms with E-state index in [1.807, 2.05) is 22.4 Å². The maximum atomic E-state index is 12.6. The van der Waals surface area contributed by atoms with Crippen molar-refractivity contribution in [2.75, 3.05) is 28.3 Å². The van der Waals surface area contributed by atoms with Crippen molar-refractivity contribution in [3.05, 3.63) is 42.5 Å². The normalized spacial score (nSPS) is 12.2. The van der Waals surface area contributed by atoms with Crippen LogP contribution in [0.1, 0.15) is 5.82 Å². The summed E-state index contributed by atoms with van der Waals surface area (Å²) < 4.78 is 40.9. The number of methoxy groups -OCH3 is 2. The summed E-state index contributed by atoms with van der Waals surface area (Å²) in [6.07, 6.45) is 3.11. The Balaban J connectivity index is 2.00. The van der Waals surface area contributed by atoms with Crippen LogP contribution in [0.15, 0.2) is 46.7 Å². The Bertz CT molecular complexity index is 1120. The van der Waals surface area contributed by atoms with Gasteiger partial charge in [-0.2, -0.15) is 0 Å². The van der Waals surface area contributed by atoms with Crippen LogP contribution in [-0.2, 0) is 38.8 Å². The molecule has 0 aliphatic carbocycles. The lowest BCUT2D eigenvalue weighted by molar-refractivity contribution is -0.111. The van der Waals surface area contributed by atoms with E-state index >= 15 is 0 Å². The third kappa shape index (κ3) is 5.15. The number of sulfonamides is 1. The van der Waals surface area contributed by atoms with Gasteiger partial charge < -0.3 is 14.0 Å². The average Bonchev–Trinajstić information content (AvgIpc) is 3.35. The maximum absolute atomic E-state index is 12.6. The van der Waals surface area contributed by atoms with Gasteiger partial charge in [0.05, 0.1) is 17.2 Å². The number of aromatic nitrogens is 5. The van der Waals surface area contributed by atoms with Crippen LogP contribution in [0.4, 0.5) is 0 Å². The number of rotatable bonds is 10. The van der Waals surface area contributed by atoms with Crippen LogP contribution in [0.3, 0.4) is 0 Å². The number of nitrogens with zero attached hydrogens (tertiary/aromatic N) is 6. The van der Waals surface area contributed by atoms with E-state index in [1.165, 1.54) is 30.2 Å². The van der Waals surface area contributed by atoms with Crippen LogP contribution in [-0.4, -0.2) is 71.6 Å². The number of aryl methyl sites for hydroxylation is 1. The summed E-state index contributed by atoms with van der Waals surface area (Å²) in [6.45, 7) is 0.336. The van der Waals surface area contributed by atoms with Gasteiger partial charge in [0.1, 0.15) is 5.82 Å². The predicted molar refractivity (Wildman–Crippen MR) is 117 cm³/mol.